The predicted molar refractivity (Wildman–Crippen MR) is 97.7 cm³/mol. The van der Waals surface area contributed by atoms with Gasteiger partial charge in [-0.15, -0.1) is 0 Å². The summed E-state index contributed by atoms with van der Waals surface area (Å²) in [5, 5.41) is 3.68. The quantitative estimate of drug-likeness (QED) is 0.525. The molecule has 1 aromatic rings. The lowest BCUT2D eigenvalue weighted by molar-refractivity contribution is 0.0180. The standard InChI is InChI=1S/C19H30N2O6/c1-19(2,3)26-18(23)21-10-8-14(9-11-21)7-5-6-12-25-16-13-15(27-20-16)17(22)24-4/h13-14H,5-12H2,1-4H3. The van der Waals surface area contributed by atoms with Gasteiger partial charge in [0.25, 0.3) is 5.88 Å². The summed E-state index contributed by atoms with van der Waals surface area (Å²) in [4.78, 5) is 25.1. The van der Waals surface area contributed by atoms with Gasteiger partial charge in [-0.25, -0.2) is 9.59 Å². The van der Waals surface area contributed by atoms with E-state index in [0.29, 0.717) is 18.4 Å². The maximum absolute atomic E-state index is 12.1. The second kappa shape index (κ2) is 9.62. The number of amides is 1. The molecule has 27 heavy (non-hydrogen) atoms. The number of unbranched alkanes of at least 4 members (excludes halogenated alkanes) is 1. The van der Waals surface area contributed by atoms with Gasteiger partial charge in [0.05, 0.1) is 19.8 Å². The number of nitrogens with zero attached hydrogens (tertiary/aromatic N) is 2. The highest BCUT2D eigenvalue weighted by molar-refractivity contribution is 5.86. The van der Waals surface area contributed by atoms with E-state index in [1.54, 1.807) is 4.90 Å². The van der Waals surface area contributed by atoms with E-state index < -0.39 is 11.6 Å². The molecule has 0 radical (unpaired) electrons. The number of esters is 1. The van der Waals surface area contributed by atoms with Crippen LogP contribution in [0.1, 0.15) is 63.4 Å². The average Bonchev–Trinajstić information content (AvgIpc) is 3.08. The van der Waals surface area contributed by atoms with Gasteiger partial charge >= 0.3 is 12.1 Å². The fraction of sp³-hybridized carbons (Fsp3) is 0.737. The molecule has 0 unspecified atom stereocenters. The molecule has 8 heteroatoms. The zero-order chi connectivity index (χ0) is 19.9. The summed E-state index contributed by atoms with van der Waals surface area (Å²) in [5.41, 5.74) is -0.449. The van der Waals surface area contributed by atoms with E-state index in [-0.39, 0.29) is 11.9 Å². The maximum atomic E-state index is 12.1. The van der Waals surface area contributed by atoms with Crippen molar-refractivity contribution < 1.29 is 28.3 Å². The minimum Gasteiger partial charge on any atom is -0.475 e. The molecule has 0 saturated carbocycles. The van der Waals surface area contributed by atoms with Gasteiger partial charge in [-0.1, -0.05) is 6.42 Å². The normalized spacial score (nSPS) is 15.5. The van der Waals surface area contributed by atoms with Crippen LogP contribution < -0.4 is 4.74 Å². The Balaban J connectivity index is 1.57. The number of rotatable bonds is 7. The van der Waals surface area contributed by atoms with Gasteiger partial charge in [0.15, 0.2) is 0 Å². The van der Waals surface area contributed by atoms with Crippen molar-refractivity contribution in [3.8, 4) is 5.88 Å². The van der Waals surface area contributed by atoms with Crippen molar-refractivity contribution in [1.29, 1.82) is 0 Å². The summed E-state index contributed by atoms with van der Waals surface area (Å²) in [6.07, 6.45) is 4.84. The van der Waals surface area contributed by atoms with Crippen molar-refractivity contribution in [2.45, 2.75) is 58.5 Å². The van der Waals surface area contributed by atoms with E-state index in [1.807, 2.05) is 20.8 Å². The van der Waals surface area contributed by atoms with Crippen LogP contribution in [0, 0.1) is 5.92 Å². The van der Waals surface area contributed by atoms with Crippen LogP contribution in [-0.2, 0) is 9.47 Å². The average molecular weight is 382 g/mol. The third-order valence-corrected chi connectivity index (χ3v) is 4.40. The van der Waals surface area contributed by atoms with Gasteiger partial charge < -0.3 is 23.6 Å². The number of aromatic nitrogens is 1. The first kappa shape index (κ1) is 21.1. The largest absolute Gasteiger partial charge is 0.475 e. The van der Waals surface area contributed by atoms with Crippen LogP contribution in [0.25, 0.3) is 0 Å². The molecule has 0 atom stereocenters. The molecule has 0 aromatic carbocycles. The van der Waals surface area contributed by atoms with Crippen LogP contribution in [0.15, 0.2) is 10.6 Å². The molecule has 1 aliphatic heterocycles. The molecule has 152 valence electrons. The fourth-order valence-corrected chi connectivity index (χ4v) is 2.97. The SMILES string of the molecule is COC(=O)c1cc(OCCCCC2CCN(C(=O)OC(C)(C)C)CC2)no1. The number of hydrogen-bond acceptors (Lipinski definition) is 7. The summed E-state index contributed by atoms with van der Waals surface area (Å²) in [7, 11) is 1.28. The highest BCUT2D eigenvalue weighted by Gasteiger charge is 2.26. The van der Waals surface area contributed by atoms with Crippen molar-refractivity contribution >= 4 is 12.1 Å². The Morgan fingerprint density at radius 3 is 2.59 bits per heavy atom. The van der Waals surface area contributed by atoms with Gasteiger partial charge in [0.2, 0.25) is 5.76 Å². The molecular formula is C19H30N2O6. The molecule has 8 nitrogen and oxygen atoms in total. The molecular weight excluding hydrogens is 352 g/mol. The van der Waals surface area contributed by atoms with E-state index in [1.165, 1.54) is 13.2 Å². The molecule has 2 heterocycles. The molecule has 0 N–H and O–H groups in total. The Morgan fingerprint density at radius 1 is 1.26 bits per heavy atom. The Hall–Kier alpha value is -2.25. The van der Waals surface area contributed by atoms with Crippen LogP contribution in [0.2, 0.25) is 0 Å². The van der Waals surface area contributed by atoms with Crippen LogP contribution in [-0.4, -0.2) is 54.5 Å². The number of likely N-dealkylation sites (tertiary alicyclic amines) is 1. The molecule has 0 bridgehead atoms. The second-order valence-corrected chi connectivity index (χ2v) is 7.78. The molecule has 0 aliphatic carbocycles. The lowest BCUT2D eigenvalue weighted by Crippen LogP contribution is -2.41. The molecule has 1 aliphatic rings. The number of carbonyl (C=O) groups is 2. The zero-order valence-electron chi connectivity index (χ0n) is 16.7. The Morgan fingerprint density at radius 2 is 1.96 bits per heavy atom. The topological polar surface area (TPSA) is 91.1 Å². The van der Waals surface area contributed by atoms with Gasteiger partial charge in [-0.3, -0.25) is 0 Å². The first-order valence-corrected chi connectivity index (χ1v) is 9.44. The van der Waals surface area contributed by atoms with Crippen molar-refractivity contribution in [3.05, 3.63) is 11.8 Å². The van der Waals surface area contributed by atoms with Gasteiger partial charge in [0.1, 0.15) is 5.60 Å². The minimum atomic E-state index is -0.574. The smallest absolute Gasteiger partial charge is 0.410 e. The van der Waals surface area contributed by atoms with Gasteiger partial charge in [0, 0.05) is 13.1 Å². The van der Waals surface area contributed by atoms with E-state index in [9.17, 15) is 9.59 Å². The van der Waals surface area contributed by atoms with E-state index in [0.717, 1.165) is 45.2 Å². The number of hydrogen-bond donors (Lipinski definition) is 0. The van der Waals surface area contributed by atoms with Crippen molar-refractivity contribution in [3.63, 3.8) is 0 Å². The third kappa shape index (κ3) is 7.11. The Labute approximate surface area is 160 Å². The summed E-state index contributed by atoms with van der Waals surface area (Å²) in [6, 6.07) is 1.43. The van der Waals surface area contributed by atoms with E-state index >= 15 is 0 Å². The summed E-state index contributed by atoms with van der Waals surface area (Å²) < 4.78 is 20.3. The van der Waals surface area contributed by atoms with Crippen molar-refractivity contribution in [2.75, 3.05) is 26.8 Å². The number of ether oxygens (including phenoxy) is 3. The molecule has 1 amide bonds. The number of carbonyl (C=O) groups excluding carboxylic acids is 2. The van der Waals surface area contributed by atoms with Crippen molar-refractivity contribution in [2.24, 2.45) is 5.92 Å². The molecule has 1 fully saturated rings. The first-order chi connectivity index (χ1) is 12.8. The third-order valence-electron chi connectivity index (χ3n) is 4.40. The highest BCUT2D eigenvalue weighted by Crippen LogP contribution is 2.24. The van der Waals surface area contributed by atoms with E-state index in [2.05, 4.69) is 9.89 Å². The molecule has 1 saturated heterocycles. The van der Waals surface area contributed by atoms with Gasteiger partial charge in [-0.2, -0.15) is 0 Å². The highest BCUT2D eigenvalue weighted by atomic mass is 16.6. The van der Waals surface area contributed by atoms with Crippen LogP contribution in [0.5, 0.6) is 5.88 Å². The lowest BCUT2D eigenvalue weighted by atomic mass is 9.92. The Bertz CT molecular complexity index is 614. The van der Waals surface area contributed by atoms with Crippen molar-refractivity contribution in [1.82, 2.24) is 10.1 Å². The monoisotopic (exact) mass is 382 g/mol. The summed E-state index contributed by atoms with van der Waals surface area (Å²) in [6.45, 7) is 7.68. The number of piperidine rings is 1. The molecule has 1 aromatic heterocycles. The molecule has 0 spiro atoms. The van der Waals surface area contributed by atoms with Crippen LogP contribution in [0.4, 0.5) is 4.79 Å². The number of methoxy groups -OCH3 is 1. The van der Waals surface area contributed by atoms with Crippen LogP contribution in [0.3, 0.4) is 0 Å². The Kier molecular flexibility index (Phi) is 7.50. The maximum Gasteiger partial charge on any atom is 0.410 e. The van der Waals surface area contributed by atoms with Crippen LogP contribution >= 0.6 is 0 Å². The lowest BCUT2D eigenvalue weighted by Gasteiger charge is -2.33. The zero-order valence-corrected chi connectivity index (χ0v) is 16.7. The molecule has 2 rings (SSSR count). The van der Waals surface area contributed by atoms with E-state index in [4.69, 9.17) is 14.0 Å². The summed E-state index contributed by atoms with van der Waals surface area (Å²) in [5.74, 6) is 0.377. The van der Waals surface area contributed by atoms with Gasteiger partial charge in [-0.05, 0) is 57.5 Å². The first-order valence-electron chi connectivity index (χ1n) is 9.44. The predicted octanol–water partition coefficient (Wildman–Crippen LogP) is 3.66. The summed E-state index contributed by atoms with van der Waals surface area (Å²) >= 11 is 0. The second-order valence-electron chi connectivity index (χ2n) is 7.78. The minimum absolute atomic E-state index is 0.0317. The fourth-order valence-electron chi connectivity index (χ4n) is 2.97.